The van der Waals surface area contributed by atoms with Crippen LogP contribution in [0.3, 0.4) is 0 Å². The van der Waals surface area contributed by atoms with Crippen molar-refractivity contribution in [3.63, 3.8) is 0 Å². The number of aliphatic hydroxyl groups excluding tert-OH is 1. The lowest BCUT2D eigenvalue weighted by atomic mass is 10.0. The van der Waals surface area contributed by atoms with Crippen LogP contribution in [0.15, 0.2) is 0 Å². The van der Waals surface area contributed by atoms with Crippen LogP contribution < -0.4 is 0 Å². The number of ether oxygens (including phenoxy) is 4. The summed E-state index contributed by atoms with van der Waals surface area (Å²) in [6, 6.07) is 0. The van der Waals surface area contributed by atoms with Crippen LogP contribution >= 0.6 is 15.6 Å². The van der Waals surface area contributed by atoms with Crippen LogP contribution in [0.4, 0.5) is 0 Å². The molecule has 0 rings (SSSR count). The standard InChI is InChI=1S/C71H138O17P2/c1-6-9-12-15-18-21-23-24-25-26-27-28-29-30-31-32-33-34-37-40-46-51-56-70(75)87-66(60-82-69(74)55-50-45-39-36-22-19-16-13-10-7-2)62-85-89(77,78)83-58-65(72)59-84-90(79,80)86-63-67(88-71(76)57-52-47-42-41-43-48-53-64(4)5)61-81-68(73)54-49-44-38-35-20-17-14-11-8-3/h64-67,72H,6-63H2,1-5H3,(H,77,78)(H,79,80)/t65-,66-,67-/m1/s1. The Balaban J connectivity index is 5.10. The Morgan fingerprint density at radius 1 is 0.300 bits per heavy atom. The van der Waals surface area contributed by atoms with E-state index in [0.717, 1.165) is 89.9 Å². The number of hydrogen-bond acceptors (Lipinski definition) is 15. The molecule has 0 aliphatic carbocycles. The molecule has 2 unspecified atom stereocenters. The molecule has 0 aliphatic heterocycles. The fourth-order valence-corrected chi connectivity index (χ4v) is 12.4. The molecule has 0 bridgehead atoms. The first-order chi connectivity index (χ1) is 43.5. The molecule has 0 aromatic heterocycles. The van der Waals surface area contributed by atoms with Crippen molar-refractivity contribution in [2.45, 2.75) is 387 Å². The maximum Gasteiger partial charge on any atom is 0.472 e. The Hall–Kier alpha value is -1.94. The zero-order valence-corrected chi connectivity index (χ0v) is 60.1. The molecule has 0 radical (unpaired) electrons. The number of aliphatic hydroxyl groups is 1. The first-order valence-corrected chi connectivity index (χ1v) is 40.1. The van der Waals surface area contributed by atoms with E-state index in [-0.39, 0.29) is 25.7 Å². The van der Waals surface area contributed by atoms with E-state index in [1.165, 1.54) is 193 Å². The highest BCUT2D eigenvalue weighted by atomic mass is 31.2. The predicted octanol–water partition coefficient (Wildman–Crippen LogP) is 20.5. The lowest BCUT2D eigenvalue weighted by Gasteiger charge is -2.21. The molecule has 0 spiro atoms. The second kappa shape index (κ2) is 64.4. The molecule has 0 aromatic carbocycles. The van der Waals surface area contributed by atoms with Crippen molar-refractivity contribution in [1.82, 2.24) is 0 Å². The van der Waals surface area contributed by atoms with E-state index >= 15 is 0 Å². The van der Waals surface area contributed by atoms with Crippen LogP contribution in [0.25, 0.3) is 0 Å². The van der Waals surface area contributed by atoms with Gasteiger partial charge in [0, 0.05) is 25.7 Å². The highest BCUT2D eigenvalue weighted by Crippen LogP contribution is 2.45. The molecule has 5 atom stereocenters. The summed E-state index contributed by atoms with van der Waals surface area (Å²) in [5.41, 5.74) is 0. The minimum atomic E-state index is -4.95. The summed E-state index contributed by atoms with van der Waals surface area (Å²) in [4.78, 5) is 72.4. The largest absolute Gasteiger partial charge is 0.472 e. The SMILES string of the molecule is CCCCCCCCCCCCCCCCCCCCCCCCC(=O)O[C@H](COC(=O)CCCCCCCCCCCC)COP(=O)(O)OC[C@@H](O)COP(=O)(O)OC[C@@H](COC(=O)CCCCCCCCCCC)OC(=O)CCCCCCCCC(C)C. The average molecular weight is 1330 g/mol. The van der Waals surface area contributed by atoms with E-state index in [2.05, 4.69) is 34.6 Å². The molecule has 90 heavy (non-hydrogen) atoms. The fourth-order valence-electron chi connectivity index (χ4n) is 10.8. The third kappa shape index (κ3) is 64.8. The fraction of sp³-hybridized carbons (Fsp3) is 0.944. The number of phosphoric acid groups is 2. The second-order valence-corrected chi connectivity index (χ2v) is 29.0. The van der Waals surface area contributed by atoms with E-state index in [1.807, 2.05) is 0 Å². The van der Waals surface area contributed by atoms with Crippen LogP contribution in [-0.2, 0) is 65.4 Å². The smallest absolute Gasteiger partial charge is 0.462 e. The summed E-state index contributed by atoms with van der Waals surface area (Å²) in [5.74, 6) is -1.46. The van der Waals surface area contributed by atoms with Crippen molar-refractivity contribution in [1.29, 1.82) is 0 Å². The second-order valence-electron chi connectivity index (χ2n) is 26.1. The predicted molar refractivity (Wildman–Crippen MR) is 363 cm³/mol. The van der Waals surface area contributed by atoms with Crippen LogP contribution in [-0.4, -0.2) is 96.7 Å². The van der Waals surface area contributed by atoms with Gasteiger partial charge in [-0.1, -0.05) is 317 Å². The van der Waals surface area contributed by atoms with E-state index < -0.39 is 97.5 Å². The van der Waals surface area contributed by atoms with Gasteiger partial charge in [-0.25, -0.2) is 9.13 Å². The quantitative estimate of drug-likeness (QED) is 0.0222. The molecule has 3 N–H and O–H groups in total. The van der Waals surface area contributed by atoms with Crippen LogP contribution in [0, 0.1) is 5.92 Å². The van der Waals surface area contributed by atoms with Gasteiger partial charge in [0.2, 0.25) is 0 Å². The molecule has 0 aliphatic rings. The van der Waals surface area contributed by atoms with Gasteiger partial charge in [0.15, 0.2) is 12.2 Å². The number of rotatable bonds is 71. The molecule has 0 fully saturated rings. The first-order valence-electron chi connectivity index (χ1n) is 37.1. The van der Waals surface area contributed by atoms with Crippen molar-refractivity contribution >= 4 is 39.5 Å². The minimum Gasteiger partial charge on any atom is -0.462 e. The Morgan fingerprint density at radius 2 is 0.511 bits per heavy atom. The molecule has 0 saturated carbocycles. The molecular formula is C71H138O17P2. The zero-order valence-electron chi connectivity index (χ0n) is 58.3. The molecule has 17 nitrogen and oxygen atoms in total. The summed E-state index contributed by atoms with van der Waals surface area (Å²) in [5, 5.41) is 10.6. The Morgan fingerprint density at radius 3 is 0.756 bits per heavy atom. The van der Waals surface area contributed by atoms with Crippen LogP contribution in [0.1, 0.15) is 369 Å². The summed E-state index contributed by atoms with van der Waals surface area (Å²) >= 11 is 0. The van der Waals surface area contributed by atoms with Crippen molar-refractivity contribution in [3.8, 4) is 0 Å². The third-order valence-electron chi connectivity index (χ3n) is 16.5. The highest BCUT2D eigenvalue weighted by Gasteiger charge is 2.30. The van der Waals surface area contributed by atoms with Gasteiger partial charge < -0.3 is 33.8 Å². The number of phosphoric ester groups is 2. The number of esters is 4. The number of hydrogen-bond donors (Lipinski definition) is 3. The third-order valence-corrected chi connectivity index (χ3v) is 18.4. The highest BCUT2D eigenvalue weighted by molar-refractivity contribution is 7.47. The lowest BCUT2D eigenvalue weighted by molar-refractivity contribution is -0.161. The topological polar surface area (TPSA) is 237 Å². The van der Waals surface area contributed by atoms with Gasteiger partial charge in [0.25, 0.3) is 0 Å². The van der Waals surface area contributed by atoms with Crippen molar-refractivity contribution in [3.05, 3.63) is 0 Å². The van der Waals surface area contributed by atoms with Gasteiger partial charge >= 0.3 is 39.5 Å². The van der Waals surface area contributed by atoms with Gasteiger partial charge in [-0.2, -0.15) is 0 Å². The first kappa shape index (κ1) is 88.1. The van der Waals surface area contributed by atoms with Crippen LogP contribution in [0.5, 0.6) is 0 Å². The van der Waals surface area contributed by atoms with E-state index in [0.29, 0.717) is 31.6 Å². The number of carbonyl (C=O) groups is 4. The maximum absolute atomic E-state index is 13.0. The zero-order chi connectivity index (χ0) is 66.3. The van der Waals surface area contributed by atoms with Gasteiger partial charge in [-0.05, 0) is 31.6 Å². The Labute approximate surface area is 549 Å². The van der Waals surface area contributed by atoms with Crippen molar-refractivity contribution in [2.75, 3.05) is 39.6 Å². The van der Waals surface area contributed by atoms with Gasteiger partial charge in [0.05, 0.1) is 26.4 Å². The van der Waals surface area contributed by atoms with E-state index in [9.17, 15) is 43.2 Å². The van der Waals surface area contributed by atoms with E-state index in [1.54, 1.807) is 0 Å². The summed E-state index contributed by atoms with van der Waals surface area (Å²) < 4.78 is 68.1. The van der Waals surface area contributed by atoms with Crippen molar-refractivity contribution < 1.29 is 80.2 Å². The molecular weight excluding hydrogens is 1190 g/mol. The number of carbonyl (C=O) groups excluding carboxylic acids is 4. The molecule has 0 amide bonds. The summed E-state index contributed by atoms with van der Waals surface area (Å²) in [6.45, 7) is 7.12. The maximum atomic E-state index is 13.0. The molecule has 0 heterocycles. The Kier molecular flexibility index (Phi) is 63.0. The average Bonchev–Trinajstić information content (AvgIpc) is 2.91. The summed E-state index contributed by atoms with van der Waals surface area (Å²) in [6.07, 6.45) is 51.8. The normalized spacial score (nSPS) is 14.1. The molecule has 0 aromatic rings. The van der Waals surface area contributed by atoms with Crippen molar-refractivity contribution in [2.24, 2.45) is 5.92 Å². The number of unbranched alkanes of at least 4 members (excludes halogenated alkanes) is 43. The van der Waals surface area contributed by atoms with Gasteiger partial charge in [-0.15, -0.1) is 0 Å². The molecule has 19 heteroatoms. The molecule has 534 valence electrons. The minimum absolute atomic E-state index is 0.102. The monoisotopic (exact) mass is 1320 g/mol. The Bertz CT molecular complexity index is 1740. The lowest BCUT2D eigenvalue weighted by Crippen LogP contribution is -2.30. The van der Waals surface area contributed by atoms with Crippen LogP contribution in [0.2, 0.25) is 0 Å². The van der Waals surface area contributed by atoms with Gasteiger partial charge in [0.1, 0.15) is 19.3 Å². The molecule has 0 saturated heterocycles. The van der Waals surface area contributed by atoms with Gasteiger partial charge in [-0.3, -0.25) is 37.3 Å². The van der Waals surface area contributed by atoms with E-state index in [4.69, 9.17) is 37.0 Å². The summed E-state index contributed by atoms with van der Waals surface area (Å²) in [7, 11) is -9.89.